The molecule has 2 aromatic rings. The number of aromatic nitrogens is 1. The second-order valence-corrected chi connectivity index (χ2v) is 4.87. The molecule has 0 aliphatic rings. The van der Waals surface area contributed by atoms with E-state index in [1.54, 1.807) is 0 Å². The summed E-state index contributed by atoms with van der Waals surface area (Å²) in [5.74, 6) is 0. The summed E-state index contributed by atoms with van der Waals surface area (Å²) in [7, 11) is 0. The van der Waals surface area contributed by atoms with Crippen molar-refractivity contribution >= 4 is 17.3 Å². The van der Waals surface area contributed by atoms with Crippen molar-refractivity contribution in [3.63, 3.8) is 0 Å². The zero-order valence-electron chi connectivity index (χ0n) is 10.8. The zero-order valence-corrected chi connectivity index (χ0v) is 11.6. The zero-order chi connectivity index (χ0) is 14.8. The van der Waals surface area contributed by atoms with Crippen molar-refractivity contribution in [1.29, 1.82) is 0 Å². The maximum atomic E-state index is 12.7. The van der Waals surface area contributed by atoms with Crippen LogP contribution in [0.4, 0.5) is 18.9 Å². The van der Waals surface area contributed by atoms with Crippen LogP contribution in [-0.2, 0) is 19.3 Å². The Balaban J connectivity index is 2.11. The highest BCUT2D eigenvalue weighted by Crippen LogP contribution is 2.33. The lowest BCUT2D eigenvalue weighted by Gasteiger charge is -2.11. The van der Waals surface area contributed by atoms with E-state index in [4.69, 9.17) is 11.6 Å². The average molecular weight is 303 g/mol. The van der Waals surface area contributed by atoms with Crippen LogP contribution < -0.4 is 5.32 Å². The first-order valence-corrected chi connectivity index (χ1v) is 6.52. The SMILES string of the molecule is CCn1ccc(CNc2cc(Cl)cc(C(F)(F)F)c2)c1. The molecular weight excluding hydrogens is 289 g/mol. The minimum atomic E-state index is -4.40. The van der Waals surface area contributed by atoms with Crippen LogP contribution >= 0.6 is 11.6 Å². The third kappa shape index (κ3) is 3.70. The van der Waals surface area contributed by atoms with Crippen LogP contribution in [0.15, 0.2) is 36.7 Å². The number of nitrogens with one attached hydrogen (secondary N) is 1. The highest BCUT2D eigenvalue weighted by Gasteiger charge is 2.31. The molecule has 0 radical (unpaired) electrons. The molecule has 0 spiro atoms. The molecule has 0 saturated carbocycles. The van der Waals surface area contributed by atoms with Gasteiger partial charge in [-0.05, 0) is 36.8 Å². The van der Waals surface area contributed by atoms with Gasteiger partial charge in [-0.3, -0.25) is 0 Å². The molecule has 0 amide bonds. The van der Waals surface area contributed by atoms with E-state index < -0.39 is 11.7 Å². The minimum Gasteiger partial charge on any atom is -0.381 e. The van der Waals surface area contributed by atoms with Gasteiger partial charge < -0.3 is 9.88 Å². The first-order chi connectivity index (χ1) is 9.38. The van der Waals surface area contributed by atoms with Gasteiger partial charge >= 0.3 is 6.18 Å². The molecule has 108 valence electrons. The van der Waals surface area contributed by atoms with E-state index in [0.717, 1.165) is 24.2 Å². The van der Waals surface area contributed by atoms with Crippen molar-refractivity contribution in [2.24, 2.45) is 0 Å². The Morgan fingerprint density at radius 1 is 1.25 bits per heavy atom. The monoisotopic (exact) mass is 302 g/mol. The van der Waals surface area contributed by atoms with Crippen LogP contribution in [0.5, 0.6) is 0 Å². The molecule has 2 nitrogen and oxygen atoms in total. The van der Waals surface area contributed by atoms with Gasteiger partial charge in [-0.1, -0.05) is 11.6 Å². The van der Waals surface area contributed by atoms with Gasteiger partial charge in [-0.2, -0.15) is 13.2 Å². The summed E-state index contributed by atoms with van der Waals surface area (Å²) in [6, 6.07) is 5.38. The number of alkyl halides is 3. The lowest BCUT2D eigenvalue weighted by Crippen LogP contribution is -2.06. The molecule has 0 aliphatic carbocycles. The summed E-state index contributed by atoms with van der Waals surface area (Å²) in [6.45, 7) is 3.32. The summed E-state index contributed by atoms with van der Waals surface area (Å²) in [5, 5.41) is 3.02. The number of rotatable bonds is 4. The Hall–Kier alpha value is -1.62. The predicted octanol–water partition coefficient (Wildman–Crippen LogP) is 4.79. The summed E-state index contributed by atoms with van der Waals surface area (Å²) in [5.41, 5.74) is 0.605. The fourth-order valence-electron chi connectivity index (χ4n) is 1.85. The summed E-state index contributed by atoms with van der Waals surface area (Å²) >= 11 is 5.72. The Morgan fingerprint density at radius 2 is 2.00 bits per heavy atom. The Kier molecular flexibility index (Phi) is 4.28. The highest BCUT2D eigenvalue weighted by molar-refractivity contribution is 6.30. The number of nitrogens with zero attached hydrogens (tertiary/aromatic N) is 1. The molecule has 1 N–H and O–H groups in total. The molecule has 0 bridgehead atoms. The molecule has 0 atom stereocenters. The Bertz CT molecular complexity index is 590. The lowest BCUT2D eigenvalue weighted by atomic mass is 10.2. The van der Waals surface area contributed by atoms with Gasteiger partial charge in [0.2, 0.25) is 0 Å². The van der Waals surface area contributed by atoms with Crippen LogP contribution in [-0.4, -0.2) is 4.57 Å². The largest absolute Gasteiger partial charge is 0.416 e. The molecule has 1 heterocycles. The standard InChI is InChI=1S/C14H14ClF3N2/c1-2-20-4-3-10(9-20)8-19-13-6-11(14(16,17)18)5-12(15)7-13/h3-7,9,19H,2,8H2,1H3. The van der Waals surface area contributed by atoms with Crippen molar-refractivity contribution in [2.75, 3.05) is 5.32 Å². The molecule has 1 aromatic heterocycles. The smallest absolute Gasteiger partial charge is 0.381 e. The summed E-state index contributed by atoms with van der Waals surface area (Å²) < 4.78 is 40.0. The minimum absolute atomic E-state index is 0.0634. The van der Waals surface area contributed by atoms with Gasteiger partial charge in [-0.15, -0.1) is 0 Å². The van der Waals surface area contributed by atoms with Gasteiger partial charge in [-0.25, -0.2) is 0 Å². The molecule has 0 saturated heterocycles. The third-order valence-corrected chi connectivity index (χ3v) is 3.12. The number of benzene rings is 1. The quantitative estimate of drug-likeness (QED) is 0.859. The fraction of sp³-hybridized carbons (Fsp3) is 0.286. The van der Waals surface area contributed by atoms with E-state index in [0.29, 0.717) is 12.2 Å². The third-order valence-electron chi connectivity index (χ3n) is 2.90. The number of aryl methyl sites for hydroxylation is 1. The van der Waals surface area contributed by atoms with Crippen LogP contribution in [0.1, 0.15) is 18.1 Å². The van der Waals surface area contributed by atoms with E-state index >= 15 is 0 Å². The summed E-state index contributed by atoms with van der Waals surface area (Å²) in [4.78, 5) is 0. The van der Waals surface area contributed by atoms with E-state index in [2.05, 4.69) is 5.32 Å². The maximum absolute atomic E-state index is 12.7. The topological polar surface area (TPSA) is 17.0 Å². The fourth-order valence-corrected chi connectivity index (χ4v) is 2.09. The Morgan fingerprint density at radius 3 is 2.60 bits per heavy atom. The maximum Gasteiger partial charge on any atom is 0.416 e. The first-order valence-electron chi connectivity index (χ1n) is 6.15. The molecular formula is C14H14ClF3N2. The average Bonchev–Trinajstić information content (AvgIpc) is 2.82. The predicted molar refractivity (Wildman–Crippen MR) is 73.9 cm³/mol. The number of halogens is 4. The van der Waals surface area contributed by atoms with E-state index in [1.165, 1.54) is 6.07 Å². The van der Waals surface area contributed by atoms with Crippen LogP contribution in [0.2, 0.25) is 5.02 Å². The van der Waals surface area contributed by atoms with Crippen molar-refractivity contribution in [1.82, 2.24) is 4.57 Å². The van der Waals surface area contributed by atoms with Crippen molar-refractivity contribution in [3.05, 3.63) is 52.8 Å². The highest BCUT2D eigenvalue weighted by atomic mass is 35.5. The first kappa shape index (κ1) is 14.8. The second-order valence-electron chi connectivity index (χ2n) is 4.43. The molecule has 0 aliphatic heterocycles. The van der Waals surface area contributed by atoms with Gasteiger partial charge in [0, 0.05) is 36.2 Å². The lowest BCUT2D eigenvalue weighted by molar-refractivity contribution is -0.137. The van der Waals surface area contributed by atoms with E-state index in [1.807, 2.05) is 30.0 Å². The second kappa shape index (κ2) is 5.79. The molecule has 0 fully saturated rings. The summed E-state index contributed by atoms with van der Waals surface area (Å²) in [6.07, 6.45) is -0.523. The van der Waals surface area contributed by atoms with Crippen molar-refractivity contribution < 1.29 is 13.2 Å². The van der Waals surface area contributed by atoms with Crippen LogP contribution in [0, 0.1) is 0 Å². The molecule has 0 unspecified atom stereocenters. The molecule has 6 heteroatoms. The van der Waals surface area contributed by atoms with Gasteiger partial charge in [0.15, 0.2) is 0 Å². The normalized spacial score (nSPS) is 11.7. The Labute approximate surface area is 120 Å². The molecule has 2 rings (SSSR count). The molecule has 1 aromatic carbocycles. The van der Waals surface area contributed by atoms with Gasteiger partial charge in [0.05, 0.1) is 5.56 Å². The van der Waals surface area contributed by atoms with Crippen molar-refractivity contribution in [2.45, 2.75) is 26.2 Å². The number of hydrogen-bond acceptors (Lipinski definition) is 1. The van der Waals surface area contributed by atoms with E-state index in [9.17, 15) is 13.2 Å². The number of hydrogen-bond donors (Lipinski definition) is 1. The van der Waals surface area contributed by atoms with Crippen molar-refractivity contribution in [3.8, 4) is 0 Å². The molecule has 20 heavy (non-hydrogen) atoms. The van der Waals surface area contributed by atoms with Gasteiger partial charge in [0.25, 0.3) is 0 Å². The van der Waals surface area contributed by atoms with Crippen LogP contribution in [0.3, 0.4) is 0 Å². The van der Waals surface area contributed by atoms with E-state index in [-0.39, 0.29) is 5.02 Å². The van der Waals surface area contributed by atoms with Crippen LogP contribution in [0.25, 0.3) is 0 Å². The number of anilines is 1. The van der Waals surface area contributed by atoms with Gasteiger partial charge in [0.1, 0.15) is 0 Å².